The van der Waals surface area contributed by atoms with Crippen molar-refractivity contribution in [1.29, 1.82) is 0 Å². The van der Waals surface area contributed by atoms with Crippen LogP contribution in [0.2, 0.25) is 0 Å². The zero-order valence-electron chi connectivity index (χ0n) is 7.29. The van der Waals surface area contributed by atoms with Gasteiger partial charge < -0.3 is 10.5 Å². The van der Waals surface area contributed by atoms with Crippen LogP contribution in [0.1, 0.15) is 25.0 Å². The lowest BCUT2D eigenvalue weighted by Crippen LogP contribution is -2.14. The maximum Gasteiger partial charge on any atom is 0.123 e. The van der Waals surface area contributed by atoms with Crippen molar-refractivity contribution in [3.05, 3.63) is 23.4 Å². The zero-order chi connectivity index (χ0) is 8.77. The molecule has 3 heteroatoms. The Kier molecular flexibility index (Phi) is 1.38. The van der Waals surface area contributed by atoms with Crippen LogP contribution in [0.15, 0.2) is 12.3 Å². The number of nitrogens with two attached hydrogens (primary N) is 1. The average Bonchev–Trinajstić information content (AvgIpc) is 2.28. The van der Waals surface area contributed by atoms with Gasteiger partial charge in [-0.1, -0.05) is 0 Å². The molecule has 1 aliphatic heterocycles. The highest BCUT2D eigenvalue weighted by atomic mass is 16.5. The Morgan fingerprint density at radius 2 is 2.33 bits per heavy atom. The van der Waals surface area contributed by atoms with Crippen molar-refractivity contribution in [2.24, 2.45) is 0 Å². The molecule has 2 rings (SSSR count). The smallest absolute Gasteiger partial charge is 0.123 e. The summed E-state index contributed by atoms with van der Waals surface area (Å²) in [5.41, 5.74) is 7.69. The highest BCUT2D eigenvalue weighted by molar-refractivity contribution is 5.41. The minimum atomic E-state index is -0.202. The molecule has 0 fully saturated rings. The number of nitrogen functional groups attached to an aromatic ring is 1. The molecule has 0 bridgehead atoms. The SMILES string of the molecule is CC1(C)OCc2cnc(N)cc21. The van der Waals surface area contributed by atoms with E-state index in [2.05, 4.69) is 4.98 Å². The van der Waals surface area contributed by atoms with E-state index in [0.29, 0.717) is 12.4 Å². The molecule has 0 unspecified atom stereocenters. The lowest BCUT2D eigenvalue weighted by molar-refractivity contribution is -0.00788. The van der Waals surface area contributed by atoms with Gasteiger partial charge in [-0.2, -0.15) is 0 Å². The molecular weight excluding hydrogens is 152 g/mol. The van der Waals surface area contributed by atoms with Crippen LogP contribution >= 0.6 is 0 Å². The van der Waals surface area contributed by atoms with Crippen LogP contribution in [-0.2, 0) is 16.9 Å². The van der Waals surface area contributed by atoms with E-state index in [1.165, 1.54) is 0 Å². The largest absolute Gasteiger partial charge is 0.384 e. The molecule has 64 valence electrons. The molecule has 2 heterocycles. The van der Waals surface area contributed by atoms with E-state index in [9.17, 15) is 0 Å². The molecule has 0 amide bonds. The van der Waals surface area contributed by atoms with Gasteiger partial charge in [0.25, 0.3) is 0 Å². The van der Waals surface area contributed by atoms with Gasteiger partial charge in [0.1, 0.15) is 5.82 Å². The normalized spacial score (nSPS) is 19.2. The van der Waals surface area contributed by atoms with E-state index in [0.717, 1.165) is 11.1 Å². The number of nitrogens with zero attached hydrogens (tertiary/aromatic N) is 1. The molecule has 3 nitrogen and oxygen atoms in total. The van der Waals surface area contributed by atoms with Crippen molar-refractivity contribution < 1.29 is 4.74 Å². The first kappa shape index (κ1) is 7.55. The van der Waals surface area contributed by atoms with E-state index in [-0.39, 0.29) is 5.60 Å². The van der Waals surface area contributed by atoms with Crippen molar-refractivity contribution in [2.75, 3.05) is 5.73 Å². The first-order chi connectivity index (χ1) is 5.59. The predicted molar refractivity (Wildman–Crippen MR) is 46.5 cm³/mol. The summed E-state index contributed by atoms with van der Waals surface area (Å²) < 4.78 is 5.57. The number of hydrogen-bond acceptors (Lipinski definition) is 3. The zero-order valence-corrected chi connectivity index (χ0v) is 7.29. The Bertz CT molecular complexity index is 320. The number of rotatable bonds is 0. The van der Waals surface area contributed by atoms with Gasteiger partial charge in [-0.15, -0.1) is 0 Å². The molecule has 0 aromatic carbocycles. The van der Waals surface area contributed by atoms with Gasteiger partial charge in [-0.25, -0.2) is 4.98 Å². The Hall–Kier alpha value is -1.09. The molecule has 0 spiro atoms. The number of fused-ring (bicyclic) bond motifs is 1. The minimum absolute atomic E-state index is 0.202. The van der Waals surface area contributed by atoms with Gasteiger partial charge in [0.2, 0.25) is 0 Å². The fourth-order valence-electron chi connectivity index (χ4n) is 1.51. The monoisotopic (exact) mass is 164 g/mol. The van der Waals surface area contributed by atoms with Gasteiger partial charge >= 0.3 is 0 Å². The number of pyridine rings is 1. The maximum atomic E-state index is 5.59. The fraction of sp³-hybridized carbons (Fsp3) is 0.444. The minimum Gasteiger partial charge on any atom is -0.384 e. The Balaban J connectivity index is 2.57. The summed E-state index contributed by atoms with van der Waals surface area (Å²) in [5.74, 6) is 0.562. The summed E-state index contributed by atoms with van der Waals surface area (Å²) in [6, 6.07) is 1.89. The van der Waals surface area contributed by atoms with Crippen LogP contribution in [0.25, 0.3) is 0 Å². The summed E-state index contributed by atoms with van der Waals surface area (Å²) in [4.78, 5) is 4.01. The fourth-order valence-corrected chi connectivity index (χ4v) is 1.51. The van der Waals surface area contributed by atoms with E-state index >= 15 is 0 Å². The summed E-state index contributed by atoms with van der Waals surface area (Å²) in [6.07, 6.45) is 1.79. The number of aromatic nitrogens is 1. The second kappa shape index (κ2) is 2.20. The third-order valence-corrected chi connectivity index (χ3v) is 2.24. The lowest BCUT2D eigenvalue weighted by atomic mass is 9.98. The molecule has 1 aliphatic rings. The highest BCUT2D eigenvalue weighted by Crippen LogP contribution is 2.35. The second-order valence-electron chi connectivity index (χ2n) is 3.57. The standard InChI is InChI=1S/C9H12N2O/c1-9(2)7-3-8(10)11-4-6(7)5-12-9/h3-4H,5H2,1-2H3,(H2,10,11). The van der Waals surface area contributed by atoms with E-state index in [1.54, 1.807) is 6.20 Å². The Morgan fingerprint density at radius 3 is 3.08 bits per heavy atom. The topological polar surface area (TPSA) is 48.1 Å². The first-order valence-corrected chi connectivity index (χ1v) is 3.98. The van der Waals surface area contributed by atoms with Crippen molar-refractivity contribution in [2.45, 2.75) is 26.1 Å². The van der Waals surface area contributed by atoms with Gasteiger partial charge in [0.15, 0.2) is 0 Å². The van der Waals surface area contributed by atoms with Gasteiger partial charge in [-0.05, 0) is 25.5 Å². The second-order valence-corrected chi connectivity index (χ2v) is 3.57. The summed E-state index contributed by atoms with van der Waals surface area (Å²) in [7, 11) is 0. The molecule has 0 radical (unpaired) electrons. The molecular formula is C9H12N2O. The lowest BCUT2D eigenvalue weighted by Gasteiger charge is -2.17. The Morgan fingerprint density at radius 1 is 1.58 bits per heavy atom. The van der Waals surface area contributed by atoms with Crippen LogP contribution in [-0.4, -0.2) is 4.98 Å². The Labute approximate surface area is 71.6 Å². The van der Waals surface area contributed by atoms with Gasteiger partial charge in [-0.3, -0.25) is 0 Å². The molecule has 0 aliphatic carbocycles. The summed E-state index contributed by atoms with van der Waals surface area (Å²) in [5, 5.41) is 0. The molecule has 2 N–H and O–H groups in total. The van der Waals surface area contributed by atoms with Crippen LogP contribution in [0, 0.1) is 0 Å². The molecule has 12 heavy (non-hydrogen) atoms. The van der Waals surface area contributed by atoms with E-state index in [1.807, 2.05) is 19.9 Å². The predicted octanol–water partition coefficient (Wildman–Crippen LogP) is 1.43. The van der Waals surface area contributed by atoms with Crippen LogP contribution < -0.4 is 5.73 Å². The van der Waals surface area contributed by atoms with Crippen LogP contribution in [0.4, 0.5) is 5.82 Å². The van der Waals surface area contributed by atoms with Gasteiger partial charge in [0.05, 0.1) is 12.2 Å². The number of hydrogen-bond donors (Lipinski definition) is 1. The van der Waals surface area contributed by atoms with Crippen LogP contribution in [0.5, 0.6) is 0 Å². The molecule has 1 aromatic rings. The summed E-state index contributed by atoms with van der Waals surface area (Å²) >= 11 is 0. The van der Waals surface area contributed by atoms with Crippen molar-refractivity contribution in [3.8, 4) is 0 Å². The quantitative estimate of drug-likeness (QED) is 0.631. The highest BCUT2D eigenvalue weighted by Gasteiger charge is 2.30. The summed E-state index contributed by atoms with van der Waals surface area (Å²) in [6.45, 7) is 4.73. The van der Waals surface area contributed by atoms with Crippen molar-refractivity contribution in [1.82, 2.24) is 4.98 Å². The molecule has 0 atom stereocenters. The first-order valence-electron chi connectivity index (χ1n) is 3.98. The van der Waals surface area contributed by atoms with E-state index < -0.39 is 0 Å². The number of anilines is 1. The van der Waals surface area contributed by atoms with Crippen molar-refractivity contribution in [3.63, 3.8) is 0 Å². The van der Waals surface area contributed by atoms with Crippen LogP contribution in [0.3, 0.4) is 0 Å². The third-order valence-electron chi connectivity index (χ3n) is 2.24. The van der Waals surface area contributed by atoms with Crippen molar-refractivity contribution >= 4 is 5.82 Å². The molecule has 0 saturated heterocycles. The van der Waals surface area contributed by atoms with E-state index in [4.69, 9.17) is 10.5 Å². The third kappa shape index (κ3) is 0.975. The van der Waals surface area contributed by atoms with Gasteiger partial charge in [0, 0.05) is 11.8 Å². The molecule has 1 aromatic heterocycles. The number of ether oxygens (including phenoxy) is 1. The maximum absolute atomic E-state index is 5.59. The molecule has 0 saturated carbocycles. The average molecular weight is 164 g/mol.